The van der Waals surface area contributed by atoms with E-state index in [1.165, 1.54) is 4.90 Å². The highest BCUT2D eigenvalue weighted by molar-refractivity contribution is 7.92. The number of nitrogens with zero attached hydrogens (tertiary/aromatic N) is 2. The maximum atomic E-state index is 14.0. The lowest BCUT2D eigenvalue weighted by Gasteiger charge is -2.32. The van der Waals surface area contributed by atoms with E-state index in [0.29, 0.717) is 5.69 Å². The molecule has 0 spiro atoms. The Labute approximate surface area is 231 Å². The van der Waals surface area contributed by atoms with Crippen molar-refractivity contribution in [3.63, 3.8) is 0 Å². The summed E-state index contributed by atoms with van der Waals surface area (Å²) in [4.78, 5) is 28.8. The Hall–Kier alpha value is -3.65. The highest BCUT2D eigenvalue weighted by atomic mass is 32.2. The van der Waals surface area contributed by atoms with E-state index in [4.69, 9.17) is 0 Å². The minimum atomic E-state index is -4.06. The molecule has 1 N–H and O–H groups in total. The summed E-state index contributed by atoms with van der Waals surface area (Å²) < 4.78 is 28.8. The zero-order chi connectivity index (χ0) is 28.0. The first-order chi connectivity index (χ1) is 18.6. The van der Waals surface area contributed by atoms with Crippen LogP contribution in [0.5, 0.6) is 0 Å². The summed E-state index contributed by atoms with van der Waals surface area (Å²) >= 11 is 0. The van der Waals surface area contributed by atoms with Crippen molar-refractivity contribution in [1.82, 2.24) is 10.2 Å². The second-order valence-corrected chi connectivity index (χ2v) is 12.2. The van der Waals surface area contributed by atoms with Gasteiger partial charge in [0.25, 0.3) is 10.0 Å². The Bertz CT molecular complexity index is 1370. The number of carbonyl (C=O) groups excluding carboxylic acids is 2. The number of hydrogen-bond acceptors (Lipinski definition) is 4. The number of anilines is 1. The van der Waals surface area contributed by atoms with Crippen LogP contribution in [-0.4, -0.2) is 43.8 Å². The molecule has 1 aliphatic carbocycles. The van der Waals surface area contributed by atoms with Gasteiger partial charge in [0.05, 0.1) is 10.6 Å². The first-order valence-electron chi connectivity index (χ1n) is 13.4. The molecule has 7 nitrogen and oxygen atoms in total. The normalized spacial score (nSPS) is 14.5. The Kier molecular flexibility index (Phi) is 9.07. The second kappa shape index (κ2) is 12.5. The Morgan fingerprint density at radius 1 is 0.872 bits per heavy atom. The molecule has 206 valence electrons. The fourth-order valence-electron chi connectivity index (χ4n) is 4.83. The van der Waals surface area contributed by atoms with E-state index in [-0.39, 0.29) is 23.4 Å². The molecule has 1 aliphatic rings. The molecule has 8 heteroatoms. The van der Waals surface area contributed by atoms with Gasteiger partial charge in [-0.05, 0) is 63.4 Å². The molecule has 1 atom stereocenters. The summed E-state index contributed by atoms with van der Waals surface area (Å²) in [7, 11) is -4.06. The van der Waals surface area contributed by atoms with Gasteiger partial charge in [0, 0.05) is 12.6 Å². The van der Waals surface area contributed by atoms with E-state index >= 15 is 0 Å². The van der Waals surface area contributed by atoms with E-state index in [9.17, 15) is 18.0 Å². The van der Waals surface area contributed by atoms with Crippen LogP contribution in [0, 0.1) is 13.8 Å². The first-order valence-corrected chi connectivity index (χ1v) is 14.9. The predicted octanol–water partition coefficient (Wildman–Crippen LogP) is 4.97. The lowest BCUT2D eigenvalue weighted by molar-refractivity contribution is -0.139. The third-order valence-corrected chi connectivity index (χ3v) is 9.06. The largest absolute Gasteiger partial charge is 0.352 e. The molecule has 39 heavy (non-hydrogen) atoms. The van der Waals surface area contributed by atoms with Gasteiger partial charge in [-0.2, -0.15) is 0 Å². The highest BCUT2D eigenvalue weighted by Crippen LogP contribution is 2.25. The molecule has 0 heterocycles. The summed E-state index contributed by atoms with van der Waals surface area (Å²) in [5.74, 6) is -0.682. The molecule has 0 bridgehead atoms. The van der Waals surface area contributed by atoms with Crippen LogP contribution in [0.15, 0.2) is 83.8 Å². The number of hydrogen-bond donors (Lipinski definition) is 1. The Morgan fingerprint density at radius 3 is 2.03 bits per heavy atom. The minimum Gasteiger partial charge on any atom is -0.352 e. The summed E-state index contributed by atoms with van der Waals surface area (Å²) in [6.07, 6.45) is 4.02. The fraction of sp³-hybridized carbons (Fsp3) is 0.355. The average molecular weight is 548 g/mol. The molecule has 0 saturated heterocycles. The van der Waals surface area contributed by atoms with Crippen molar-refractivity contribution in [3.05, 3.63) is 95.6 Å². The predicted molar refractivity (Wildman–Crippen MR) is 154 cm³/mol. The smallest absolute Gasteiger partial charge is 0.264 e. The molecule has 3 aromatic rings. The van der Waals surface area contributed by atoms with E-state index in [0.717, 1.165) is 46.7 Å². The van der Waals surface area contributed by atoms with Crippen LogP contribution in [0.1, 0.15) is 49.3 Å². The third-order valence-electron chi connectivity index (χ3n) is 7.27. The molecule has 0 aliphatic heterocycles. The van der Waals surface area contributed by atoms with E-state index in [2.05, 4.69) is 5.32 Å². The minimum absolute atomic E-state index is 0.100. The second-order valence-electron chi connectivity index (χ2n) is 10.3. The zero-order valence-corrected chi connectivity index (χ0v) is 23.7. The summed E-state index contributed by atoms with van der Waals surface area (Å²) in [6, 6.07) is 22.4. The fourth-order valence-corrected chi connectivity index (χ4v) is 6.25. The number of sulfonamides is 1. The van der Waals surface area contributed by atoms with Gasteiger partial charge in [-0.15, -0.1) is 0 Å². The number of aryl methyl sites for hydroxylation is 2. The zero-order valence-electron chi connectivity index (χ0n) is 22.8. The Balaban J connectivity index is 1.66. The van der Waals surface area contributed by atoms with Crippen LogP contribution < -0.4 is 9.62 Å². The number of amides is 2. The molecule has 1 fully saturated rings. The lowest BCUT2D eigenvalue weighted by atomic mass is 10.1. The summed E-state index contributed by atoms with van der Waals surface area (Å²) in [5.41, 5.74) is 3.15. The van der Waals surface area contributed by atoms with Crippen molar-refractivity contribution in [2.75, 3.05) is 10.8 Å². The summed E-state index contributed by atoms with van der Waals surface area (Å²) in [6.45, 7) is 5.26. The highest BCUT2D eigenvalue weighted by Gasteiger charge is 2.33. The van der Waals surface area contributed by atoms with Gasteiger partial charge in [0.2, 0.25) is 11.8 Å². The lowest BCUT2D eigenvalue weighted by Crippen LogP contribution is -2.52. The molecule has 3 aromatic carbocycles. The van der Waals surface area contributed by atoms with E-state index in [1.807, 2.05) is 56.3 Å². The number of nitrogens with one attached hydrogen (secondary N) is 1. The van der Waals surface area contributed by atoms with Crippen LogP contribution in [0.25, 0.3) is 0 Å². The van der Waals surface area contributed by atoms with Crippen molar-refractivity contribution >= 4 is 27.5 Å². The standard InChI is InChI=1S/C31H37N3O4S/c1-23-13-17-28(18-14-23)34(39(37,38)29-19-15-24(2)16-20-29)22-30(35)33(21-26-9-5-4-6-10-26)25(3)31(36)32-27-11-7-8-12-27/h4-6,9-10,13-20,25,27H,7-8,11-12,21-22H2,1-3H3,(H,32,36)/t25-/m0/s1. The number of benzene rings is 3. The van der Waals surface area contributed by atoms with Gasteiger partial charge < -0.3 is 10.2 Å². The quantitative estimate of drug-likeness (QED) is 0.388. The Morgan fingerprint density at radius 2 is 1.44 bits per heavy atom. The van der Waals surface area contributed by atoms with Crippen molar-refractivity contribution in [1.29, 1.82) is 0 Å². The molecule has 2 amide bonds. The molecule has 1 saturated carbocycles. The SMILES string of the molecule is Cc1ccc(N(CC(=O)N(Cc2ccccc2)[C@@H](C)C(=O)NC2CCCC2)S(=O)(=O)c2ccc(C)cc2)cc1. The first kappa shape index (κ1) is 28.4. The summed E-state index contributed by atoms with van der Waals surface area (Å²) in [5, 5.41) is 3.09. The number of rotatable bonds is 10. The van der Waals surface area contributed by atoms with Gasteiger partial charge in [0.1, 0.15) is 12.6 Å². The molecule has 0 aromatic heterocycles. The monoisotopic (exact) mass is 547 g/mol. The van der Waals surface area contributed by atoms with E-state index in [1.54, 1.807) is 43.3 Å². The van der Waals surface area contributed by atoms with Crippen molar-refractivity contribution in [3.8, 4) is 0 Å². The van der Waals surface area contributed by atoms with Crippen LogP contribution in [0.3, 0.4) is 0 Å². The van der Waals surface area contributed by atoms with Gasteiger partial charge >= 0.3 is 0 Å². The van der Waals surface area contributed by atoms with Crippen LogP contribution in [0.2, 0.25) is 0 Å². The third kappa shape index (κ3) is 7.06. The topological polar surface area (TPSA) is 86.8 Å². The molecular weight excluding hydrogens is 510 g/mol. The van der Waals surface area contributed by atoms with Crippen molar-refractivity contribution < 1.29 is 18.0 Å². The van der Waals surface area contributed by atoms with Gasteiger partial charge in [-0.3, -0.25) is 13.9 Å². The maximum absolute atomic E-state index is 14.0. The van der Waals surface area contributed by atoms with Crippen molar-refractivity contribution in [2.45, 2.75) is 70.0 Å². The van der Waals surface area contributed by atoms with Crippen LogP contribution in [-0.2, 0) is 26.2 Å². The molecule has 0 radical (unpaired) electrons. The van der Waals surface area contributed by atoms with Gasteiger partial charge in [-0.25, -0.2) is 8.42 Å². The van der Waals surface area contributed by atoms with Gasteiger partial charge in [-0.1, -0.05) is 78.6 Å². The van der Waals surface area contributed by atoms with Crippen LogP contribution in [0.4, 0.5) is 5.69 Å². The molecule has 4 rings (SSSR count). The van der Waals surface area contributed by atoms with Crippen molar-refractivity contribution in [2.24, 2.45) is 0 Å². The van der Waals surface area contributed by atoms with Gasteiger partial charge in [0.15, 0.2) is 0 Å². The molecular formula is C31H37N3O4S. The molecule has 0 unspecified atom stereocenters. The van der Waals surface area contributed by atoms with Crippen LogP contribution >= 0.6 is 0 Å². The van der Waals surface area contributed by atoms with E-state index < -0.39 is 28.5 Å². The average Bonchev–Trinajstić information content (AvgIpc) is 3.44. The number of carbonyl (C=O) groups is 2. The maximum Gasteiger partial charge on any atom is 0.264 e.